The Morgan fingerprint density at radius 2 is 1.81 bits per heavy atom. The number of aryl methyl sites for hydroxylation is 1. The van der Waals surface area contributed by atoms with E-state index in [1.807, 2.05) is 6.92 Å². The summed E-state index contributed by atoms with van der Waals surface area (Å²) in [4.78, 5) is 8.25. The second kappa shape index (κ2) is 11.7. The molecule has 7 nitrogen and oxygen atoms in total. The summed E-state index contributed by atoms with van der Waals surface area (Å²) in [6.07, 6.45) is 2.95. The monoisotopic (exact) mass is 569 g/mol. The molecule has 0 aliphatic carbocycles. The molecule has 0 aliphatic rings. The van der Waals surface area contributed by atoms with Gasteiger partial charge in [-0.3, -0.25) is 0 Å². The summed E-state index contributed by atoms with van der Waals surface area (Å²) in [5, 5.41) is 7.89. The molecule has 1 heterocycles. The van der Waals surface area contributed by atoms with E-state index in [9.17, 15) is 8.42 Å². The highest BCUT2D eigenvalue weighted by Gasteiger charge is 2.16. The van der Waals surface area contributed by atoms with Crippen LogP contribution >= 0.6 is 24.0 Å². The number of fused-ring (bicyclic) bond motifs is 1. The molecule has 0 fully saturated rings. The van der Waals surface area contributed by atoms with Gasteiger partial charge < -0.3 is 15.6 Å². The third-order valence-corrected chi connectivity index (χ3v) is 6.90. The number of aliphatic imine (C=N–C) groups is 1. The van der Waals surface area contributed by atoms with Crippen molar-refractivity contribution in [3.63, 3.8) is 0 Å². The van der Waals surface area contributed by atoms with Gasteiger partial charge in [-0.1, -0.05) is 24.3 Å². The van der Waals surface area contributed by atoms with Gasteiger partial charge in [0.25, 0.3) is 0 Å². The SMILES string of the molecule is CCNC(=NCc1ccc(S(=O)(=O)N(C)C)cc1)NCCc1c[nH]c2cc(C)ccc12.I. The van der Waals surface area contributed by atoms with Crippen molar-refractivity contribution in [2.75, 3.05) is 27.2 Å². The summed E-state index contributed by atoms with van der Waals surface area (Å²) in [5.41, 5.74) is 4.63. The first kappa shape index (κ1) is 26.1. The van der Waals surface area contributed by atoms with E-state index < -0.39 is 10.0 Å². The maximum absolute atomic E-state index is 12.2. The molecule has 0 unspecified atom stereocenters. The first-order chi connectivity index (χ1) is 14.8. The number of aromatic nitrogens is 1. The first-order valence-electron chi connectivity index (χ1n) is 10.4. The average molecular weight is 570 g/mol. The fourth-order valence-corrected chi connectivity index (χ4v) is 4.21. The third-order valence-electron chi connectivity index (χ3n) is 5.08. The van der Waals surface area contributed by atoms with Crippen LogP contribution in [0.4, 0.5) is 0 Å². The van der Waals surface area contributed by atoms with Gasteiger partial charge in [-0.25, -0.2) is 17.7 Å². The molecule has 1 aromatic heterocycles. The number of benzene rings is 2. The summed E-state index contributed by atoms with van der Waals surface area (Å²) >= 11 is 0. The maximum atomic E-state index is 12.2. The lowest BCUT2D eigenvalue weighted by Crippen LogP contribution is -2.38. The number of rotatable bonds is 8. The van der Waals surface area contributed by atoms with Crippen LogP contribution in [-0.4, -0.2) is 50.9 Å². The minimum absolute atomic E-state index is 0. The molecule has 3 rings (SSSR count). The molecule has 9 heteroatoms. The molecule has 0 spiro atoms. The van der Waals surface area contributed by atoms with E-state index in [0.29, 0.717) is 6.54 Å². The smallest absolute Gasteiger partial charge is 0.242 e. The highest BCUT2D eigenvalue weighted by atomic mass is 127. The summed E-state index contributed by atoms with van der Waals surface area (Å²) in [7, 11) is -0.361. The molecule has 0 bridgehead atoms. The van der Waals surface area contributed by atoms with Gasteiger partial charge in [0.2, 0.25) is 10.0 Å². The molecule has 0 atom stereocenters. The fraction of sp³-hybridized carbons (Fsp3) is 0.348. The lowest BCUT2D eigenvalue weighted by molar-refractivity contribution is 0.520. The number of hydrogen-bond acceptors (Lipinski definition) is 3. The van der Waals surface area contributed by atoms with Gasteiger partial charge in [0, 0.05) is 44.3 Å². The van der Waals surface area contributed by atoms with Gasteiger partial charge in [0.1, 0.15) is 0 Å². The predicted molar refractivity (Wildman–Crippen MR) is 142 cm³/mol. The van der Waals surface area contributed by atoms with E-state index in [2.05, 4.69) is 51.9 Å². The highest BCUT2D eigenvalue weighted by molar-refractivity contribution is 14.0. The van der Waals surface area contributed by atoms with E-state index in [1.54, 1.807) is 24.3 Å². The lowest BCUT2D eigenvalue weighted by atomic mass is 10.1. The maximum Gasteiger partial charge on any atom is 0.242 e. The van der Waals surface area contributed by atoms with Crippen LogP contribution in [0.25, 0.3) is 10.9 Å². The van der Waals surface area contributed by atoms with Crippen molar-refractivity contribution < 1.29 is 8.42 Å². The zero-order valence-electron chi connectivity index (χ0n) is 19.0. The third kappa shape index (κ3) is 6.46. The van der Waals surface area contributed by atoms with Crippen LogP contribution in [0.1, 0.15) is 23.6 Å². The molecule has 0 radical (unpaired) electrons. The Bertz CT molecular complexity index is 1150. The molecule has 0 saturated heterocycles. The largest absolute Gasteiger partial charge is 0.361 e. The summed E-state index contributed by atoms with van der Waals surface area (Å²) in [5.74, 6) is 0.739. The first-order valence-corrected chi connectivity index (χ1v) is 11.9. The van der Waals surface area contributed by atoms with Crippen molar-refractivity contribution in [3.8, 4) is 0 Å². The van der Waals surface area contributed by atoms with E-state index in [4.69, 9.17) is 0 Å². The Morgan fingerprint density at radius 3 is 2.47 bits per heavy atom. The Kier molecular flexibility index (Phi) is 9.53. The number of halogens is 1. The zero-order chi connectivity index (χ0) is 22.4. The van der Waals surface area contributed by atoms with Crippen LogP contribution < -0.4 is 10.6 Å². The van der Waals surface area contributed by atoms with Crippen molar-refractivity contribution in [1.29, 1.82) is 0 Å². The summed E-state index contributed by atoms with van der Waals surface area (Å²) in [6, 6.07) is 13.3. The van der Waals surface area contributed by atoms with Gasteiger partial charge in [-0.05, 0) is 55.2 Å². The molecule has 0 aliphatic heterocycles. The Morgan fingerprint density at radius 1 is 1.09 bits per heavy atom. The average Bonchev–Trinajstić information content (AvgIpc) is 3.14. The van der Waals surface area contributed by atoms with E-state index in [1.165, 1.54) is 34.9 Å². The molecule has 174 valence electrons. The number of aromatic amines is 1. The lowest BCUT2D eigenvalue weighted by Gasteiger charge is -2.12. The topological polar surface area (TPSA) is 89.6 Å². The summed E-state index contributed by atoms with van der Waals surface area (Å²) < 4.78 is 25.6. The van der Waals surface area contributed by atoms with Gasteiger partial charge in [0.05, 0.1) is 11.4 Å². The van der Waals surface area contributed by atoms with Crippen molar-refractivity contribution in [2.45, 2.75) is 31.7 Å². The van der Waals surface area contributed by atoms with E-state index >= 15 is 0 Å². The van der Waals surface area contributed by atoms with Gasteiger partial charge >= 0.3 is 0 Å². The Balaban J connectivity index is 0.00000363. The molecule has 0 saturated carbocycles. The minimum Gasteiger partial charge on any atom is -0.361 e. The zero-order valence-corrected chi connectivity index (χ0v) is 22.1. The number of H-pyrrole nitrogens is 1. The van der Waals surface area contributed by atoms with Gasteiger partial charge in [-0.15, -0.1) is 24.0 Å². The van der Waals surface area contributed by atoms with Crippen LogP contribution in [0.3, 0.4) is 0 Å². The van der Waals surface area contributed by atoms with Crippen molar-refractivity contribution in [1.82, 2.24) is 19.9 Å². The Labute approximate surface area is 207 Å². The Hall–Kier alpha value is -2.11. The second-order valence-corrected chi connectivity index (χ2v) is 9.82. The predicted octanol–water partition coefficient (Wildman–Crippen LogP) is 3.64. The quantitative estimate of drug-likeness (QED) is 0.220. The minimum atomic E-state index is -3.42. The molecule has 3 aromatic rings. The van der Waals surface area contributed by atoms with Crippen molar-refractivity contribution in [2.24, 2.45) is 4.99 Å². The van der Waals surface area contributed by atoms with Gasteiger partial charge in [0.15, 0.2) is 5.96 Å². The number of guanidine groups is 1. The van der Waals surface area contributed by atoms with Crippen LogP contribution in [0.15, 0.2) is 58.5 Å². The molecule has 2 aromatic carbocycles. The fourth-order valence-electron chi connectivity index (χ4n) is 3.31. The molecular weight excluding hydrogens is 537 g/mol. The van der Waals surface area contributed by atoms with Crippen LogP contribution in [0.5, 0.6) is 0 Å². The number of nitrogens with zero attached hydrogens (tertiary/aromatic N) is 2. The number of nitrogens with one attached hydrogen (secondary N) is 3. The number of hydrogen-bond donors (Lipinski definition) is 3. The van der Waals surface area contributed by atoms with E-state index in [-0.39, 0.29) is 28.9 Å². The van der Waals surface area contributed by atoms with Crippen molar-refractivity contribution >= 4 is 50.9 Å². The molecule has 32 heavy (non-hydrogen) atoms. The van der Waals surface area contributed by atoms with Crippen LogP contribution in [0.2, 0.25) is 0 Å². The molecular formula is C23H32IN5O2S. The van der Waals surface area contributed by atoms with Gasteiger partial charge in [-0.2, -0.15) is 0 Å². The van der Waals surface area contributed by atoms with Crippen LogP contribution in [-0.2, 0) is 23.0 Å². The highest BCUT2D eigenvalue weighted by Crippen LogP contribution is 2.19. The number of sulfonamides is 1. The summed E-state index contributed by atoms with van der Waals surface area (Å²) in [6.45, 7) is 6.10. The second-order valence-electron chi connectivity index (χ2n) is 7.67. The standard InChI is InChI=1S/C23H31N5O2S.HI/c1-5-24-23(25-13-12-19-16-26-22-14-17(2)6-11-21(19)22)27-15-18-7-9-20(10-8-18)31(29,30)28(3)4;/h6-11,14,16,26H,5,12-13,15H2,1-4H3,(H2,24,25,27);1H. The molecule has 3 N–H and O–H groups in total. The van der Waals surface area contributed by atoms with Crippen LogP contribution in [0, 0.1) is 6.92 Å². The van der Waals surface area contributed by atoms with E-state index in [0.717, 1.165) is 36.6 Å². The van der Waals surface area contributed by atoms with Crippen molar-refractivity contribution in [3.05, 3.63) is 65.4 Å². The normalized spacial score (nSPS) is 12.1. The molecule has 0 amide bonds.